The predicted octanol–water partition coefficient (Wildman–Crippen LogP) is 0.404. The van der Waals surface area contributed by atoms with Crippen LogP contribution in [-0.4, -0.2) is 31.6 Å². The van der Waals surface area contributed by atoms with Crippen molar-refractivity contribution in [3.8, 4) is 0 Å². The monoisotopic (exact) mass is 179 g/mol. The van der Waals surface area contributed by atoms with E-state index < -0.39 is 24.4 Å². The third kappa shape index (κ3) is 1.72. The van der Waals surface area contributed by atoms with Gasteiger partial charge in [-0.15, -0.1) is 0 Å². The molecule has 12 heavy (non-hydrogen) atoms. The zero-order chi connectivity index (χ0) is 9.19. The highest BCUT2D eigenvalue weighted by Gasteiger charge is 2.49. The Hall–Kier alpha value is -0.710. The van der Waals surface area contributed by atoms with Crippen molar-refractivity contribution in [1.82, 2.24) is 5.32 Å². The molecule has 0 aliphatic carbocycles. The lowest BCUT2D eigenvalue weighted by atomic mass is 10.1. The number of alkyl halides is 2. The van der Waals surface area contributed by atoms with Gasteiger partial charge in [-0.25, -0.2) is 8.78 Å². The lowest BCUT2D eigenvalue weighted by Crippen LogP contribution is -2.34. The molecule has 70 valence electrons. The van der Waals surface area contributed by atoms with Gasteiger partial charge >= 0.3 is 5.97 Å². The number of carbonyl (C=O) groups excluding carboxylic acids is 1. The minimum atomic E-state index is -2.95. The third-order valence-electron chi connectivity index (χ3n) is 1.79. The van der Waals surface area contributed by atoms with Crippen LogP contribution >= 0.6 is 0 Å². The second kappa shape index (κ2) is 3.35. The minimum Gasteiger partial charge on any atom is -0.466 e. The van der Waals surface area contributed by atoms with E-state index in [1.807, 2.05) is 0 Å². The van der Waals surface area contributed by atoms with E-state index in [9.17, 15) is 13.6 Å². The molecule has 0 aromatic rings. The molecule has 1 fully saturated rings. The molecule has 0 aromatic carbocycles. The van der Waals surface area contributed by atoms with Gasteiger partial charge in [-0.1, -0.05) is 0 Å². The average molecular weight is 179 g/mol. The molecule has 1 saturated heterocycles. The molecule has 0 amide bonds. The molecule has 1 aliphatic heterocycles. The smallest absolute Gasteiger partial charge is 0.316 e. The first-order valence-corrected chi connectivity index (χ1v) is 3.83. The number of hydrogen-bond acceptors (Lipinski definition) is 3. The Morgan fingerprint density at radius 2 is 2.42 bits per heavy atom. The number of esters is 1. The molecule has 0 bridgehead atoms. The van der Waals surface area contributed by atoms with Crippen LogP contribution in [0.3, 0.4) is 0 Å². The minimum absolute atomic E-state index is 0.00579. The molecule has 1 rings (SSSR count). The molecular weight excluding hydrogens is 168 g/mol. The molecule has 5 heteroatoms. The highest BCUT2D eigenvalue weighted by Crippen LogP contribution is 2.28. The zero-order valence-electron chi connectivity index (χ0n) is 6.77. The van der Waals surface area contributed by atoms with E-state index >= 15 is 0 Å². The fraction of sp³-hybridized carbons (Fsp3) is 0.857. The van der Waals surface area contributed by atoms with E-state index in [1.54, 1.807) is 6.92 Å². The van der Waals surface area contributed by atoms with Crippen molar-refractivity contribution in [2.45, 2.75) is 12.8 Å². The first-order chi connectivity index (χ1) is 5.58. The van der Waals surface area contributed by atoms with E-state index in [0.717, 1.165) is 0 Å². The van der Waals surface area contributed by atoms with Crippen LogP contribution in [0.1, 0.15) is 6.92 Å². The van der Waals surface area contributed by atoms with Gasteiger partial charge in [0.15, 0.2) is 0 Å². The predicted molar refractivity (Wildman–Crippen MR) is 37.9 cm³/mol. The van der Waals surface area contributed by atoms with E-state index in [0.29, 0.717) is 0 Å². The van der Waals surface area contributed by atoms with Crippen LogP contribution < -0.4 is 5.32 Å². The van der Waals surface area contributed by atoms with Crippen LogP contribution in [0.5, 0.6) is 0 Å². The molecule has 0 spiro atoms. The topological polar surface area (TPSA) is 38.3 Å². The van der Waals surface area contributed by atoms with Crippen LogP contribution in [0.4, 0.5) is 8.78 Å². The highest BCUT2D eigenvalue weighted by molar-refractivity contribution is 5.74. The summed E-state index contributed by atoms with van der Waals surface area (Å²) in [7, 11) is 0. The molecule has 0 radical (unpaired) electrons. The molecule has 3 nitrogen and oxygen atoms in total. The fourth-order valence-corrected chi connectivity index (χ4v) is 1.15. The Morgan fingerprint density at radius 3 is 2.83 bits per heavy atom. The van der Waals surface area contributed by atoms with Crippen molar-refractivity contribution >= 4 is 5.97 Å². The summed E-state index contributed by atoms with van der Waals surface area (Å²) in [5.41, 5.74) is 0. The third-order valence-corrected chi connectivity index (χ3v) is 1.79. The lowest BCUT2D eigenvalue weighted by molar-refractivity contribution is -0.157. The molecule has 0 saturated carbocycles. The normalized spacial score (nSPS) is 27.1. The first-order valence-electron chi connectivity index (χ1n) is 3.83. The standard InChI is InChI=1S/C7H11F2NO2/c1-2-12-6(11)5-3-10-4-7(5,8)9/h5,10H,2-4H2,1H3/t5-/m0/s1. The van der Waals surface area contributed by atoms with E-state index in [4.69, 9.17) is 0 Å². The Morgan fingerprint density at radius 1 is 1.75 bits per heavy atom. The second-order valence-electron chi connectivity index (χ2n) is 2.70. The number of rotatable bonds is 2. The molecule has 0 aromatic heterocycles. The molecule has 1 aliphatic rings. The van der Waals surface area contributed by atoms with Gasteiger partial charge in [0.05, 0.1) is 13.2 Å². The van der Waals surface area contributed by atoms with E-state index in [1.165, 1.54) is 0 Å². The quantitative estimate of drug-likeness (QED) is 0.624. The Kier molecular flexibility index (Phi) is 2.62. The van der Waals surface area contributed by atoms with Crippen molar-refractivity contribution < 1.29 is 18.3 Å². The number of carbonyl (C=O) groups is 1. The molecule has 1 N–H and O–H groups in total. The van der Waals surface area contributed by atoms with Gasteiger partial charge in [-0.3, -0.25) is 4.79 Å². The Balaban J connectivity index is 2.56. The maximum atomic E-state index is 12.8. The summed E-state index contributed by atoms with van der Waals surface area (Å²) in [5.74, 6) is -5.07. The summed E-state index contributed by atoms with van der Waals surface area (Å²) < 4.78 is 30.1. The SMILES string of the molecule is CCOC(=O)[C@@H]1CNCC1(F)F. The summed E-state index contributed by atoms with van der Waals surface area (Å²) >= 11 is 0. The average Bonchev–Trinajstić information content (AvgIpc) is 2.30. The number of hydrogen-bond donors (Lipinski definition) is 1. The Labute approximate surface area is 69.1 Å². The highest BCUT2D eigenvalue weighted by atomic mass is 19.3. The van der Waals surface area contributed by atoms with Gasteiger partial charge in [0.1, 0.15) is 5.92 Å². The zero-order valence-corrected chi connectivity index (χ0v) is 6.77. The van der Waals surface area contributed by atoms with Gasteiger partial charge in [-0.2, -0.15) is 0 Å². The molecular formula is C7H11F2NO2. The maximum absolute atomic E-state index is 12.8. The number of nitrogens with one attached hydrogen (secondary N) is 1. The maximum Gasteiger partial charge on any atom is 0.316 e. The second-order valence-corrected chi connectivity index (χ2v) is 2.70. The summed E-state index contributed by atoms with van der Waals surface area (Å²) in [6, 6.07) is 0. The van der Waals surface area contributed by atoms with Crippen LogP contribution in [0.2, 0.25) is 0 Å². The summed E-state index contributed by atoms with van der Waals surface area (Å²) in [5, 5.41) is 2.45. The molecule has 0 unspecified atom stereocenters. The lowest BCUT2D eigenvalue weighted by Gasteiger charge is -2.15. The fourth-order valence-electron chi connectivity index (χ4n) is 1.15. The van der Waals surface area contributed by atoms with E-state index in [2.05, 4.69) is 10.1 Å². The van der Waals surface area contributed by atoms with Gasteiger partial charge in [0.25, 0.3) is 5.92 Å². The van der Waals surface area contributed by atoms with Crippen LogP contribution in [-0.2, 0) is 9.53 Å². The summed E-state index contributed by atoms with van der Waals surface area (Å²) in [6.07, 6.45) is 0. The van der Waals surface area contributed by atoms with Crippen molar-refractivity contribution in [2.24, 2.45) is 5.92 Å². The first kappa shape index (κ1) is 9.38. The molecule has 1 heterocycles. The van der Waals surface area contributed by atoms with Crippen molar-refractivity contribution in [2.75, 3.05) is 19.7 Å². The largest absolute Gasteiger partial charge is 0.466 e. The van der Waals surface area contributed by atoms with Crippen molar-refractivity contribution in [3.05, 3.63) is 0 Å². The van der Waals surface area contributed by atoms with Crippen molar-refractivity contribution in [3.63, 3.8) is 0 Å². The summed E-state index contributed by atoms with van der Waals surface area (Å²) in [6.45, 7) is 1.31. The van der Waals surface area contributed by atoms with Gasteiger partial charge < -0.3 is 10.1 Å². The Bertz CT molecular complexity index is 184. The molecule has 1 atom stereocenters. The van der Waals surface area contributed by atoms with Gasteiger partial charge in [-0.05, 0) is 6.92 Å². The number of halogens is 2. The summed E-state index contributed by atoms with van der Waals surface area (Å²) in [4.78, 5) is 10.9. The van der Waals surface area contributed by atoms with Crippen LogP contribution in [0, 0.1) is 5.92 Å². The van der Waals surface area contributed by atoms with E-state index in [-0.39, 0.29) is 13.2 Å². The number of ether oxygens (including phenoxy) is 1. The van der Waals surface area contributed by atoms with Crippen LogP contribution in [0.15, 0.2) is 0 Å². The van der Waals surface area contributed by atoms with Gasteiger partial charge in [0.2, 0.25) is 0 Å². The van der Waals surface area contributed by atoms with Crippen LogP contribution in [0.25, 0.3) is 0 Å². The van der Waals surface area contributed by atoms with Crippen molar-refractivity contribution in [1.29, 1.82) is 0 Å². The van der Waals surface area contributed by atoms with Gasteiger partial charge in [0, 0.05) is 6.54 Å².